The number of anilines is 2. The highest BCUT2D eigenvalue weighted by molar-refractivity contribution is 14.2. The van der Waals surface area contributed by atoms with Crippen LogP contribution in [0.5, 0.6) is 0 Å². The van der Waals surface area contributed by atoms with E-state index in [-0.39, 0.29) is 17.6 Å². The Morgan fingerprint density at radius 3 is 2.74 bits per heavy atom. The minimum Gasteiger partial charge on any atom is -0.749 e. The van der Waals surface area contributed by atoms with E-state index in [1.807, 2.05) is 25.1 Å². The number of aryl methyl sites for hydroxylation is 1. The van der Waals surface area contributed by atoms with E-state index < -0.39 is 36.4 Å². The number of benzene rings is 1. The van der Waals surface area contributed by atoms with E-state index in [1.54, 1.807) is 18.3 Å². The van der Waals surface area contributed by atoms with E-state index >= 15 is 0 Å². The van der Waals surface area contributed by atoms with Crippen LogP contribution in [0.3, 0.4) is 0 Å². The predicted octanol–water partition coefficient (Wildman–Crippen LogP) is 3.91. The molecule has 0 atom stereocenters. The summed E-state index contributed by atoms with van der Waals surface area (Å²) < 4.78 is 29.5. The van der Waals surface area contributed by atoms with E-state index in [0.29, 0.717) is 34.4 Å². The number of nitrogens with zero attached hydrogens (tertiary/aromatic N) is 2. The first-order valence-electron chi connectivity index (χ1n) is 11.5. The number of rotatable bonds is 8. The lowest BCUT2D eigenvalue weighted by atomic mass is 9.93. The van der Waals surface area contributed by atoms with Gasteiger partial charge in [-0.1, -0.05) is 13.0 Å². The molecule has 1 aromatic heterocycles. The summed E-state index contributed by atoms with van der Waals surface area (Å²) in [5.41, 5.74) is 2.98. The number of fused-ring (bicyclic) bond motifs is 1. The van der Waals surface area contributed by atoms with Gasteiger partial charge in [-0.2, -0.15) is 5.26 Å². The van der Waals surface area contributed by atoms with Crippen LogP contribution in [0.2, 0.25) is 0 Å². The molecule has 3 N–H and O–H groups in total. The van der Waals surface area contributed by atoms with Crippen molar-refractivity contribution in [3.05, 3.63) is 58.4 Å². The molecule has 2 aliphatic carbocycles. The summed E-state index contributed by atoms with van der Waals surface area (Å²) in [5, 5.41) is 25.1. The number of carbonyl (C=O) groups is 1. The highest BCUT2D eigenvalue weighted by Gasteiger charge is 2.47. The number of nitrogens with one attached hydrogen (secondary N) is 3. The largest absolute Gasteiger partial charge is 0.749 e. The summed E-state index contributed by atoms with van der Waals surface area (Å²) in [5.74, 6) is 0.233. The van der Waals surface area contributed by atoms with Crippen molar-refractivity contribution in [1.29, 1.82) is 5.26 Å². The number of sulfonamides is 1. The first-order valence-corrected chi connectivity index (χ1v) is 15.2. The second-order valence-corrected chi connectivity index (χ2v) is 13.5. The zero-order valence-electron chi connectivity index (χ0n) is 19.1. The summed E-state index contributed by atoms with van der Waals surface area (Å²) in [7, 11) is -3.67. The normalized spacial score (nSPS) is 18.7. The number of hydrogen-bond donors (Lipinski definition) is 3. The Bertz CT molecular complexity index is 1400. The zero-order valence-corrected chi connectivity index (χ0v) is 22.1. The molecule has 0 radical (unpaired) electrons. The van der Waals surface area contributed by atoms with Gasteiger partial charge in [-0.15, -0.1) is 0 Å². The van der Waals surface area contributed by atoms with Crippen molar-refractivity contribution < 1.29 is 13.2 Å². The van der Waals surface area contributed by atoms with E-state index in [2.05, 4.69) is 21.1 Å². The molecular formula is C24H25IN5O4S-. The number of nitriles is 1. The Morgan fingerprint density at radius 2 is 2.09 bits per heavy atom. The average Bonchev–Trinajstić information content (AvgIpc) is 3.75. The maximum Gasteiger partial charge on any atom is 0.234 e. The van der Waals surface area contributed by atoms with Crippen LogP contribution in [0.1, 0.15) is 49.3 Å². The molecule has 0 bridgehead atoms. The van der Waals surface area contributed by atoms with Gasteiger partial charge >= 0.3 is 0 Å². The van der Waals surface area contributed by atoms with Crippen LogP contribution >= 0.6 is 21.0 Å². The van der Waals surface area contributed by atoms with Crippen molar-refractivity contribution in [2.45, 2.75) is 39.0 Å². The molecule has 2 saturated carbocycles. The third kappa shape index (κ3) is 5.14. The summed E-state index contributed by atoms with van der Waals surface area (Å²) in [6, 6.07) is 9.30. The van der Waals surface area contributed by atoms with Crippen LogP contribution in [0.15, 0.2) is 36.5 Å². The minimum absolute atomic E-state index is 0.0267. The van der Waals surface area contributed by atoms with Gasteiger partial charge in [0.25, 0.3) is 0 Å². The van der Waals surface area contributed by atoms with Gasteiger partial charge in [0.05, 0.1) is 20.9 Å². The monoisotopic (exact) mass is 606 g/mol. The topological polar surface area (TPSA) is 141 Å². The van der Waals surface area contributed by atoms with Crippen LogP contribution in [0.4, 0.5) is 11.5 Å². The van der Waals surface area contributed by atoms with Crippen LogP contribution in [0, 0.1) is 27.9 Å². The zero-order chi connectivity index (χ0) is 24.8. The fourth-order valence-electron chi connectivity index (χ4n) is 4.15. The summed E-state index contributed by atoms with van der Waals surface area (Å²) >= 11 is -1.17. The molecule has 0 unspecified atom stereocenters. The number of H-pyrrole nitrogens is 1. The molecule has 11 heteroatoms. The quantitative estimate of drug-likeness (QED) is 0.308. The second-order valence-electron chi connectivity index (χ2n) is 9.22. The first-order chi connectivity index (χ1) is 16.7. The molecule has 2 heterocycles. The molecule has 35 heavy (non-hydrogen) atoms. The van der Waals surface area contributed by atoms with Gasteiger partial charge in [-0.3, -0.25) is 9.52 Å². The van der Waals surface area contributed by atoms with Crippen molar-refractivity contribution in [2.24, 2.45) is 11.3 Å². The maximum atomic E-state index is 12.9. The number of carbonyl (C=O) groups excluding carboxylic acids is 1. The SMILES string of the molecule is CCc1cc(NS(=O)(=O)CC2(C#N)CC2)ccc1C1=CC(NC(=O)C2CC2)=IN([O-])c2[nH]ccc21. The van der Waals surface area contributed by atoms with E-state index in [9.17, 15) is 23.7 Å². The van der Waals surface area contributed by atoms with Gasteiger partial charge in [-0.05, 0) is 73.1 Å². The fourth-order valence-corrected chi connectivity index (χ4v) is 7.74. The number of aromatic amines is 1. The van der Waals surface area contributed by atoms with Gasteiger partial charge in [0, 0.05) is 44.4 Å². The van der Waals surface area contributed by atoms with Gasteiger partial charge in [0.2, 0.25) is 15.9 Å². The molecule has 1 aromatic carbocycles. The number of hydrogen-bond acceptors (Lipinski definition) is 6. The molecule has 2 fully saturated rings. The molecule has 184 valence electrons. The molecule has 1 aliphatic heterocycles. The van der Waals surface area contributed by atoms with Gasteiger partial charge in [0.15, 0.2) is 0 Å². The molecule has 0 spiro atoms. The van der Waals surface area contributed by atoms with Crippen LogP contribution < -0.4 is 13.3 Å². The third-order valence-corrected chi connectivity index (χ3v) is 9.93. The van der Waals surface area contributed by atoms with Crippen LogP contribution in [-0.2, 0) is 21.2 Å². The highest BCUT2D eigenvalue weighted by Crippen LogP contribution is 2.46. The fraction of sp³-hybridized carbons (Fsp3) is 0.375. The lowest BCUT2D eigenvalue weighted by Gasteiger charge is -2.24. The smallest absolute Gasteiger partial charge is 0.234 e. The molecule has 3 aliphatic rings. The lowest BCUT2D eigenvalue weighted by Crippen LogP contribution is -2.29. The number of amides is 1. The highest BCUT2D eigenvalue weighted by atomic mass is 127. The van der Waals surface area contributed by atoms with Crippen molar-refractivity contribution in [1.82, 2.24) is 10.3 Å². The van der Waals surface area contributed by atoms with E-state index in [0.717, 1.165) is 38.4 Å². The molecule has 0 saturated heterocycles. The second kappa shape index (κ2) is 9.07. The Kier molecular flexibility index (Phi) is 6.23. The molecule has 1 amide bonds. The number of aromatic nitrogens is 1. The van der Waals surface area contributed by atoms with Crippen molar-refractivity contribution in [3.63, 3.8) is 0 Å². The Labute approximate surface area is 214 Å². The maximum absolute atomic E-state index is 12.9. The van der Waals surface area contributed by atoms with Crippen LogP contribution in [0.25, 0.3) is 5.57 Å². The summed E-state index contributed by atoms with van der Waals surface area (Å²) in [6.07, 6.45) is 7.20. The van der Waals surface area contributed by atoms with Gasteiger partial charge in [-0.25, -0.2) is 8.42 Å². The lowest BCUT2D eigenvalue weighted by molar-refractivity contribution is -0.120. The van der Waals surface area contributed by atoms with Gasteiger partial charge < -0.3 is 18.8 Å². The Balaban J connectivity index is 1.48. The molecular weight excluding hydrogens is 581 g/mol. The number of halogens is 1. The molecule has 9 nitrogen and oxygen atoms in total. The van der Waals surface area contributed by atoms with Crippen LogP contribution in [-0.4, -0.2) is 28.7 Å². The predicted molar refractivity (Wildman–Crippen MR) is 144 cm³/mol. The molecule has 2 aromatic rings. The summed E-state index contributed by atoms with van der Waals surface area (Å²) in [6.45, 7) is 1.98. The minimum atomic E-state index is -3.67. The standard InChI is InChI=1S/C24H25IN5O4S/c1-2-15-11-17(29-35(33,34)14-24(13-26)8-9-24)5-6-18(15)20-12-21(28-23(31)16-3-4-16)25-30(32)22-19(20)7-10-27-22/h5-7,10-12,16,27,29H,2-4,8-9,14H2,1H3,(H,28,31)/q-1. The Morgan fingerprint density at radius 1 is 1.31 bits per heavy atom. The van der Waals surface area contributed by atoms with E-state index in [1.165, 1.54) is 0 Å². The Hall–Kier alpha value is -2.69. The van der Waals surface area contributed by atoms with E-state index in [4.69, 9.17) is 0 Å². The summed E-state index contributed by atoms with van der Waals surface area (Å²) in [4.78, 5) is 15.4. The van der Waals surface area contributed by atoms with Crippen molar-refractivity contribution >= 4 is 57.6 Å². The third-order valence-electron chi connectivity index (χ3n) is 6.43. The van der Waals surface area contributed by atoms with Gasteiger partial charge in [0.1, 0.15) is 5.82 Å². The molecule has 5 rings (SSSR count). The van der Waals surface area contributed by atoms with Crippen molar-refractivity contribution in [3.8, 4) is 6.07 Å². The average molecular weight is 606 g/mol. The van der Waals surface area contributed by atoms with Crippen molar-refractivity contribution in [2.75, 3.05) is 13.8 Å². The first kappa shape index (κ1) is 24.0.